The van der Waals surface area contributed by atoms with Gasteiger partial charge in [0.2, 0.25) is 0 Å². The smallest absolute Gasteiger partial charge is 0.309 e. The fraction of sp³-hybridized carbons (Fsp3) is 0.667. The van der Waals surface area contributed by atoms with Gasteiger partial charge in [-0.05, 0) is 25.3 Å². The summed E-state index contributed by atoms with van der Waals surface area (Å²) in [6.45, 7) is 3.76. The predicted molar refractivity (Wildman–Crippen MR) is 71.3 cm³/mol. The Balaban J connectivity index is 2.30. The zero-order valence-electron chi connectivity index (χ0n) is 11.5. The summed E-state index contributed by atoms with van der Waals surface area (Å²) in [4.78, 5) is 11.7. The summed E-state index contributed by atoms with van der Waals surface area (Å²) in [6.07, 6.45) is 5.08. The maximum absolute atomic E-state index is 11.7. The van der Waals surface area contributed by atoms with Gasteiger partial charge in [0.15, 0.2) is 0 Å². The molecule has 1 saturated heterocycles. The molecule has 1 aliphatic carbocycles. The van der Waals surface area contributed by atoms with Gasteiger partial charge in [0.1, 0.15) is 6.10 Å². The third kappa shape index (κ3) is 3.07. The van der Waals surface area contributed by atoms with E-state index in [1.807, 2.05) is 19.1 Å². The predicted octanol–water partition coefficient (Wildman–Crippen LogP) is 1.57. The van der Waals surface area contributed by atoms with Crippen molar-refractivity contribution in [2.75, 3.05) is 6.61 Å². The normalized spacial score (nSPS) is 41.6. The zero-order valence-corrected chi connectivity index (χ0v) is 11.5. The van der Waals surface area contributed by atoms with Gasteiger partial charge in [0.05, 0.1) is 18.6 Å². The number of carbonyl (C=O) groups is 1. The Morgan fingerprint density at radius 1 is 1.47 bits per heavy atom. The van der Waals surface area contributed by atoms with Gasteiger partial charge in [0.25, 0.3) is 0 Å². The van der Waals surface area contributed by atoms with Crippen molar-refractivity contribution in [3.8, 4) is 0 Å². The lowest BCUT2D eigenvalue weighted by Gasteiger charge is -2.24. The van der Waals surface area contributed by atoms with E-state index in [4.69, 9.17) is 4.74 Å². The largest absolute Gasteiger partial charge is 0.461 e. The van der Waals surface area contributed by atoms with E-state index in [0.29, 0.717) is 6.42 Å². The van der Waals surface area contributed by atoms with Crippen LogP contribution in [0.2, 0.25) is 0 Å². The molecule has 2 rings (SSSR count). The first-order chi connectivity index (χ1) is 9.02. The molecule has 0 aromatic heterocycles. The minimum absolute atomic E-state index is 0.0198. The van der Waals surface area contributed by atoms with Crippen LogP contribution >= 0.6 is 0 Å². The molecule has 0 amide bonds. The van der Waals surface area contributed by atoms with E-state index in [-0.39, 0.29) is 30.5 Å². The Bertz CT molecular complexity index is 410. The van der Waals surface area contributed by atoms with Crippen molar-refractivity contribution < 1.29 is 19.7 Å². The van der Waals surface area contributed by atoms with E-state index in [1.54, 1.807) is 6.92 Å². The minimum atomic E-state index is -0.663. The summed E-state index contributed by atoms with van der Waals surface area (Å²) in [5.41, 5.74) is 1.99. The van der Waals surface area contributed by atoms with E-state index in [0.717, 1.165) is 24.0 Å². The molecule has 4 nitrogen and oxygen atoms in total. The lowest BCUT2D eigenvalue weighted by molar-refractivity contribution is -0.143. The molecule has 106 valence electrons. The number of carbonyl (C=O) groups excluding carboxylic acids is 1. The number of aliphatic hydroxyl groups excluding tert-OH is 2. The van der Waals surface area contributed by atoms with Crippen molar-refractivity contribution >= 4 is 5.97 Å². The van der Waals surface area contributed by atoms with Crippen LogP contribution < -0.4 is 0 Å². The topological polar surface area (TPSA) is 66.8 Å². The lowest BCUT2D eigenvalue weighted by Crippen LogP contribution is -2.31. The first-order valence-corrected chi connectivity index (χ1v) is 6.87. The summed E-state index contributed by atoms with van der Waals surface area (Å²) >= 11 is 0. The number of allylic oxidation sites excluding steroid dienone is 2. The molecule has 1 heterocycles. The minimum Gasteiger partial charge on any atom is -0.461 e. The van der Waals surface area contributed by atoms with Gasteiger partial charge in [0, 0.05) is 12.3 Å². The molecule has 1 fully saturated rings. The van der Waals surface area contributed by atoms with Crippen LogP contribution in [0.3, 0.4) is 0 Å². The molecule has 19 heavy (non-hydrogen) atoms. The molecule has 2 aliphatic rings. The highest BCUT2D eigenvalue weighted by Crippen LogP contribution is 2.36. The maximum Gasteiger partial charge on any atom is 0.309 e. The number of esters is 1. The number of fused-ring (bicyclic) bond motifs is 1. The highest BCUT2D eigenvalue weighted by Gasteiger charge is 2.45. The molecule has 0 aromatic carbocycles. The third-order valence-corrected chi connectivity index (χ3v) is 4.13. The van der Waals surface area contributed by atoms with Crippen LogP contribution in [0.1, 0.15) is 33.1 Å². The molecule has 4 atom stereocenters. The third-order valence-electron chi connectivity index (χ3n) is 4.13. The van der Waals surface area contributed by atoms with Crippen LogP contribution in [0.5, 0.6) is 0 Å². The zero-order chi connectivity index (χ0) is 14.0. The molecule has 0 unspecified atom stereocenters. The summed E-state index contributed by atoms with van der Waals surface area (Å²) in [7, 11) is 0. The molecule has 0 bridgehead atoms. The molecular formula is C15H22O4. The van der Waals surface area contributed by atoms with Crippen LogP contribution in [-0.2, 0) is 9.53 Å². The molecule has 2 N–H and O–H groups in total. The second-order valence-corrected chi connectivity index (χ2v) is 5.61. The Morgan fingerprint density at radius 2 is 2.21 bits per heavy atom. The standard InChI is InChI=1S/C15H22O4/c1-9-4-3-5-11(8-16)7-13-14(12(17)6-9)10(2)15(18)19-13/h5-6,10,12-14,16-17H,3-4,7-8H2,1-2H3/b9-6+,11-5+/t10-,12+,13+,14-/m1/s1. The molecule has 0 saturated carbocycles. The van der Waals surface area contributed by atoms with E-state index >= 15 is 0 Å². The van der Waals surface area contributed by atoms with Gasteiger partial charge in [-0.2, -0.15) is 0 Å². The Hall–Kier alpha value is -1.13. The average molecular weight is 266 g/mol. The summed E-state index contributed by atoms with van der Waals surface area (Å²) < 4.78 is 5.37. The van der Waals surface area contributed by atoms with Crippen molar-refractivity contribution in [1.29, 1.82) is 0 Å². The second kappa shape index (κ2) is 5.88. The number of ether oxygens (including phenoxy) is 1. The van der Waals surface area contributed by atoms with Gasteiger partial charge in [-0.25, -0.2) is 0 Å². The van der Waals surface area contributed by atoms with Crippen molar-refractivity contribution in [2.24, 2.45) is 11.8 Å². The Kier molecular flexibility index (Phi) is 4.42. The van der Waals surface area contributed by atoms with E-state index < -0.39 is 6.10 Å². The van der Waals surface area contributed by atoms with E-state index in [2.05, 4.69) is 0 Å². The first-order valence-electron chi connectivity index (χ1n) is 6.87. The highest BCUT2D eigenvalue weighted by atomic mass is 16.6. The van der Waals surface area contributed by atoms with Gasteiger partial charge >= 0.3 is 5.97 Å². The molecular weight excluding hydrogens is 244 g/mol. The Labute approximate surface area is 113 Å². The Morgan fingerprint density at radius 3 is 2.89 bits per heavy atom. The van der Waals surface area contributed by atoms with Gasteiger partial charge in [-0.15, -0.1) is 0 Å². The maximum atomic E-state index is 11.7. The van der Waals surface area contributed by atoms with Crippen LogP contribution in [0.15, 0.2) is 23.3 Å². The first kappa shape index (κ1) is 14.3. The van der Waals surface area contributed by atoms with Crippen molar-refractivity contribution in [3.63, 3.8) is 0 Å². The van der Waals surface area contributed by atoms with Crippen LogP contribution in [0.25, 0.3) is 0 Å². The van der Waals surface area contributed by atoms with E-state index in [9.17, 15) is 15.0 Å². The lowest BCUT2D eigenvalue weighted by atomic mass is 9.82. The molecule has 1 aliphatic heterocycles. The molecule has 0 spiro atoms. The highest BCUT2D eigenvalue weighted by molar-refractivity contribution is 5.75. The van der Waals surface area contributed by atoms with Gasteiger partial charge in [-0.1, -0.05) is 24.6 Å². The second-order valence-electron chi connectivity index (χ2n) is 5.61. The van der Waals surface area contributed by atoms with E-state index in [1.165, 1.54) is 0 Å². The van der Waals surface area contributed by atoms with Gasteiger partial charge < -0.3 is 14.9 Å². The van der Waals surface area contributed by atoms with Crippen molar-refractivity contribution in [1.82, 2.24) is 0 Å². The quantitative estimate of drug-likeness (QED) is 0.558. The fourth-order valence-corrected chi connectivity index (χ4v) is 2.97. The van der Waals surface area contributed by atoms with Crippen molar-refractivity contribution in [3.05, 3.63) is 23.3 Å². The fourth-order valence-electron chi connectivity index (χ4n) is 2.97. The summed E-state index contributed by atoms with van der Waals surface area (Å²) in [5, 5.41) is 19.7. The number of aliphatic hydroxyl groups is 2. The van der Waals surface area contributed by atoms with Crippen molar-refractivity contribution in [2.45, 2.75) is 45.3 Å². The molecule has 0 aromatic rings. The average Bonchev–Trinajstić information content (AvgIpc) is 2.63. The molecule has 0 radical (unpaired) electrons. The molecule has 4 heteroatoms. The van der Waals surface area contributed by atoms with Gasteiger partial charge in [-0.3, -0.25) is 4.79 Å². The number of rotatable bonds is 1. The van der Waals surface area contributed by atoms with Crippen LogP contribution in [0, 0.1) is 11.8 Å². The summed E-state index contributed by atoms with van der Waals surface area (Å²) in [6, 6.07) is 0. The SMILES string of the molecule is C/C1=C\[C@H](O)[C@@H]2[C@H](C/C(CO)=C\CC1)OC(=O)[C@@H]2C. The summed E-state index contributed by atoms with van der Waals surface area (Å²) in [5.74, 6) is -0.782. The number of hydrogen-bond acceptors (Lipinski definition) is 4. The monoisotopic (exact) mass is 266 g/mol. The number of hydrogen-bond donors (Lipinski definition) is 2. The van der Waals surface area contributed by atoms with Crippen LogP contribution in [0.4, 0.5) is 0 Å². The van der Waals surface area contributed by atoms with Crippen LogP contribution in [-0.4, -0.2) is 35.0 Å².